The molecule has 0 saturated carbocycles. The third-order valence-corrected chi connectivity index (χ3v) is 3.33. The van der Waals surface area contributed by atoms with E-state index in [0.717, 1.165) is 19.3 Å². The summed E-state index contributed by atoms with van der Waals surface area (Å²) in [6.07, 6.45) is 7.27. The van der Waals surface area contributed by atoms with Crippen molar-refractivity contribution >= 4 is 12.0 Å². The SMILES string of the molecule is C=CCCCCC(O)c1ccc2c(c1O)ON=C(O)C=C2. The number of allylic oxidation sites excluding steroid dienone is 1. The average molecular weight is 289 g/mol. The molecular weight excluding hydrogens is 270 g/mol. The minimum absolute atomic E-state index is 0.137. The molecular formula is C16H19NO4. The molecule has 1 heterocycles. The molecule has 1 unspecified atom stereocenters. The van der Waals surface area contributed by atoms with Crippen LogP contribution in [0.4, 0.5) is 0 Å². The van der Waals surface area contributed by atoms with Crippen LogP contribution in [0.3, 0.4) is 0 Å². The summed E-state index contributed by atoms with van der Waals surface area (Å²) < 4.78 is 0. The van der Waals surface area contributed by atoms with E-state index in [0.29, 0.717) is 17.5 Å². The van der Waals surface area contributed by atoms with Gasteiger partial charge >= 0.3 is 0 Å². The Bertz CT molecular complexity index is 578. The van der Waals surface area contributed by atoms with Crippen LogP contribution in [0.5, 0.6) is 11.5 Å². The molecule has 2 rings (SSSR count). The Hall–Kier alpha value is -2.27. The highest BCUT2D eigenvalue weighted by Gasteiger charge is 2.20. The Kier molecular flexibility index (Phi) is 5.00. The van der Waals surface area contributed by atoms with Gasteiger partial charge in [-0.25, -0.2) is 0 Å². The molecule has 0 amide bonds. The first kappa shape index (κ1) is 15.1. The van der Waals surface area contributed by atoms with E-state index in [-0.39, 0.29) is 17.4 Å². The molecule has 5 heteroatoms. The third kappa shape index (κ3) is 3.64. The number of aromatic hydroxyl groups is 1. The van der Waals surface area contributed by atoms with Crippen molar-refractivity contribution in [2.75, 3.05) is 0 Å². The van der Waals surface area contributed by atoms with Crippen LogP contribution in [-0.2, 0) is 0 Å². The van der Waals surface area contributed by atoms with E-state index in [4.69, 9.17) is 4.84 Å². The standard InChI is InChI=1S/C16H19NO4/c1-2-3-4-5-6-13(18)12-9-7-11-8-10-14(19)17-21-16(11)15(12)20/h2,7-10,13,18,20H,1,3-6H2,(H,17,19). The van der Waals surface area contributed by atoms with Crippen molar-refractivity contribution in [1.29, 1.82) is 0 Å². The van der Waals surface area contributed by atoms with Crippen LogP contribution in [0.25, 0.3) is 6.08 Å². The maximum absolute atomic E-state index is 10.2. The fraction of sp³-hybridized carbons (Fsp3) is 0.312. The van der Waals surface area contributed by atoms with Crippen molar-refractivity contribution in [3.8, 4) is 11.5 Å². The number of aliphatic hydroxyl groups is 2. The van der Waals surface area contributed by atoms with Gasteiger partial charge in [0.25, 0.3) is 0 Å². The van der Waals surface area contributed by atoms with E-state index in [1.807, 2.05) is 6.08 Å². The molecule has 1 atom stereocenters. The normalized spacial score (nSPS) is 14.6. The van der Waals surface area contributed by atoms with Crippen LogP contribution in [0, 0.1) is 0 Å². The maximum Gasteiger partial charge on any atom is 0.248 e. The molecule has 0 aliphatic carbocycles. The Morgan fingerprint density at radius 1 is 1.24 bits per heavy atom. The number of phenolic OH excluding ortho intramolecular Hbond substituents is 1. The summed E-state index contributed by atoms with van der Waals surface area (Å²) in [7, 11) is 0. The molecule has 112 valence electrons. The first-order valence-electron chi connectivity index (χ1n) is 6.90. The highest BCUT2D eigenvalue weighted by molar-refractivity contribution is 5.91. The second-order valence-corrected chi connectivity index (χ2v) is 4.88. The monoisotopic (exact) mass is 289 g/mol. The number of phenols is 1. The summed E-state index contributed by atoms with van der Waals surface area (Å²) in [5, 5.41) is 33.2. The highest BCUT2D eigenvalue weighted by Crippen LogP contribution is 2.39. The summed E-state index contributed by atoms with van der Waals surface area (Å²) in [5.74, 6) is -0.290. The van der Waals surface area contributed by atoms with Gasteiger partial charge in [-0.1, -0.05) is 24.6 Å². The van der Waals surface area contributed by atoms with E-state index < -0.39 is 6.10 Å². The van der Waals surface area contributed by atoms with Crippen LogP contribution in [0.2, 0.25) is 0 Å². The molecule has 1 aromatic rings. The van der Waals surface area contributed by atoms with Crippen molar-refractivity contribution in [2.24, 2.45) is 5.16 Å². The fourth-order valence-electron chi connectivity index (χ4n) is 2.17. The van der Waals surface area contributed by atoms with Gasteiger partial charge in [-0.3, -0.25) is 0 Å². The van der Waals surface area contributed by atoms with Gasteiger partial charge in [0.2, 0.25) is 11.6 Å². The number of unbranched alkanes of at least 4 members (excludes halogenated alkanes) is 2. The molecule has 1 aliphatic rings. The number of nitrogens with zero attached hydrogens (tertiary/aromatic N) is 1. The van der Waals surface area contributed by atoms with Crippen molar-refractivity contribution in [1.82, 2.24) is 0 Å². The zero-order valence-electron chi connectivity index (χ0n) is 11.7. The Morgan fingerprint density at radius 3 is 2.81 bits per heavy atom. The minimum Gasteiger partial charge on any atom is -0.504 e. The Morgan fingerprint density at radius 2 is 2.05 bits per heavy atom. The van der Waals surface area contributed by atoms with Gasteiger partial charge in [0.15, 0.2) is 5.75 Å². The fourth-order valence-corrected chi connectivity index (χ4v) is 2.17. The van der Waals surface area contributed by atoms with Crippen LogP contribution in [0.15, 0.2) is 36.0 Å². The second-order valence-electron chi connectivity index (χ2n) is 4.88. The van der Waals surface area contributed by atoms with Crippen molar-refractivity contribution in [3.05, 3.63) is 42.0 Å². The number of benzene rings is 1. The predicted molar refractivity (Wildman–Crippen MR) is 81.5 cm³/mol. The molecule has 0 spiro atoms. The van der Waals surface area contributed by atoms with Crippen molar-refractivity contribution in [3.63, 3.8) is 0 Å². The van der Waals surface area contributed by atoms with Gasteiger partial charge in [0, 0.05) is 17.2 Å². The molecule has 5 nitrogen and oxygen atoms in total. The summed E-state index contributed by atoms with van der Waals surface area (Å²) in [6.45, 7) is 3.65. The molecule has 0 radical (unpaired) electrons. The molecule has 21 heavy (non-hydrogen) atoms. The number of aliphatic hydroxyl groups excluding tert-OH is 2. The van der Waals surface area contributed by atoms with Crippen LogP contribution >= 0.6 is 0 Å². The summed E-state index contributed by atoms with van der Waals surface area (Å²) in [5.41, 5.74) is 0.986. The van der Waals surface area contributed by atoms with E-state index in [1.165, 1.54) is 6.08 Å². The van der Waals surface area contributed by atoms with E-state index >= 15 is 0 Å². The van der Waals surface area contributed by atoms with Gasteiger partial charge in [-0.2, -0.15) is 0 Å². The topological polar surface area (TPSA) is 82.3 Å². The lowest BCUT2D eigenvalue weighted by molar-refractivity contribution is 0.159. The zero-order valence-corrected chi connectivity index (χ0v) is 11.7. The van der Waals surface area contributed by atoms with Gasteiger partial charge in [-0.05, 0) is 30.5 Å². The number of oxime groups is 1. The molecule has 0 bridgehead atoms. The maximum atomic E-state index is 10.2. The minimum atomic E-state index is -0.770. The van der Waals surface area contributed by atoms with Crippen LogP contribution in [0.1, 0.15) is 42.9 Å². The number of rotatable bonds is 6. The summed E-state index contributed by atoms with van der Waals surface area (Å²) in [6, 6.07) is 3.37. The molecule has 0 saturated heterocycles. The molecule has 0 fully saturated rings. The zero-order chi connectivity index (χ0) is 15.2. The average Bonchev–Trinajstić information content (AvgIpc) is 2.66. The Labute approximate surface area is 123 Å². The lowest BCUT2D eigenvalue weighted by Gasteiger charge is -2.15. The van der Waals surface area contributed by atoms with E-state index in [2.05, 4.69) is 11.7 Å². The van der Waals surface area contributed by atoms with Gasteiger partial charge in [-0.15, -0.1) is 6.58 Å². The van der Waals surface area contributed by atoms with Crippen molar-refractivity contribution in [2.45, 2.75) is 31.8 Å². The lowest BCUT2D eigenvalue weighted by atomic mass is 9.99. The van der Waals surface area contributed by atoms with Gasteiger partial charge < -0.3 is 20.2 Å². The lowest BCUT2D eigenvalue weighted by Crippen LogP contribution is -2.00. The number of fused-ring (bicyclic) bond motifs is 1. The molecule has 1 aromatic carbocycles. The van der Waals surface area contributed by atoms with Crippen molar-refractivity contribution < 1.29 is 20.2 Å². The van der Waals surface area contributed by atoms with Gasteiger partial charge in [0.05, 0.1) is 6.10 Å². The van der Waals surface area contributed by atoms with Gasteiger partial charge in [0.1, 0.15) is 0 Å². The Balaban J connectivity index is 2.15. The van der Waals surface area contributed by atoms with E-state index in [1.54, 1.807) is 18.2 Å². The molecule has 1 aliphatic heterocycles. The quantitative estimate of drug-likeness (QED) is 0.553. The van der Waals surface area contributed by atoms with E-state index in [9.17, 15) is 15.3 Å². The number of hydrogen-bond donors (Lipinski definition) is 3. The largest absolute Gasteiger partial charge is 0.504 e. The third-order valence-electron chi connectivity index (χ3n) is 3.33. The van der Waals surface area contributed by atoms with Crippen LogP contribution in [-0.4, -0.2) is 21.2 Å². The molecule has 3 N–H and O–H groups in total. The second kappa shape index (κ2) is 6.95. The first-order chi connectivity index (χ1) is 10.1. The smallest absolute Gasteiger partial charge is 0.248 e. The number of hydrogen-bond acceptors (Lipinski definition) is 4. The first-order valence-corrected chi connectivity index (χ1v) is 6.90. The molecule has 0 aromatic heterocycles. The summed E-state index contributed by atoms with van der Waals surface area (Å²) in [4.78, 5) is 5.03. The van der Waals surface area contributed by atoms with Crippen LogP contribution < -0.4 is 4.84 Å². The highest BCUT2D eigenvalue weighted by atomic mass is 16.6. The predicted octanol–water partition coefficient (Wildman–Crippen LogP) is 3.45. The summed E-state index contributed by atoms with van der Waals surface area (Å²) >= 11 is 0.